The molecule has 0 aliphatic rings. The number of nitrogens with one attached hydrogen (secondary N) is 2. The first-order chi connectivity index (χ1) is 11.5. The molecule has 0 saturated carbocycles. The summed E-state index contributed by atoms with van der Waals surface area (Å²) in [6, 6.07) is 13.4. The molecule has 0 saturated heterocycles. The van der Waals surface area contributed by atoms with Gasteiger partial charge in [-0.3, -0.25) is 0 Å². The molecule has 134 valence electrons. The Morgan fingerprint density at radius 1 is 1.32 bits per heavy atom. The minimum Gasteiger partial charge on any atom is -0.383 e. The molecule has 0 radical (unpaired) electrons. The van der Waals surface area contributed by atoms with Gasteiger partial charge in [-0.15, -0.1) is 35.3 Å². The van der Waals surface area contributed by atoms with Crippen LogP contribution in [0.4, 0.5) is 0 Å². The van der Waals surface area contributed by atoms with E-state index in [1.54, 1.807) is 13.0 Å². The molecular formula is C18H23IN4OS. The lowest BCUT2D eigenvalue weighted by molar-refractivity contribution is 0.0655. The largest absolute Gasteiger partial charge is 0.383 e. The number of guanidine groups is 1. The molecule has 25 heavy (non-hydrogen) atoms. The lowest BCUT2D eigenvalue weighted by atomic mass is 10.1. The third kappa shape index (κ3) is 6.65. The van der Waals surface area contributed by atoms with Crippen molar-refractivity contribution >= 4 is 41.3 Å². The third-order valence-electron chi connectivity index (χ3n) is 3.47. The molecule has 0 fully saturated rings. The fourth-order valence-corrected chi connectivity index (χ4v) is 2.97. The van der Waals surface area contributed by atoms with E-state index in [1.165, 1.54) is 11.3 Å². The van der Waals surface area contributed by atoms with Gasteiger partial charge in [-0.25, -0.2) is 4.99 Å². The van der Waals surface area contributed by atoms with Gasteiger partial charge in [0.1, 0.15) is 5.60 Å². The van der Waals surface area contributed by atoms with E-state index >= 15 is 0 Å². The molecule has 1 unspecified atom stereocenters. The zero-order valence-electron chi connectivity index (χ0n) is 14.3. The second-order valence-electron chi connectivity index (χ2n) is 5.61. The van der Waals surface area contributed by atoms with Crippen LogP contribution in [0.15, 0.2) is 46.8 Å². The van der Waals surface area contributed by atoms with Crippen molar-refractivity contribution < 1.29 is 5.11 Å². The average molecular weight is 470 g/mol. The number of nitrogens with zero attached hydrogens (tertiary/aromatic N) is 2. The van der Waals surface area contributed by atoms with Crippen molar-refractivity contribution in [2.75, 3.05) is 13.1 Å². The van der Waals surface area contributed by atoms with Crippen LogP contribution in [0, 0.1) is 11.3 Å². The van der Waals surface area contributed by atoms with Crippen LogP contribution in [0.25, 0.3) is 0 Å². The highest BCUT2D eigenvalue weighted by Crippen LogP contribution is 2.24. The van der Waals surface area contributed by atoms with Crippen LogP contribution in [-0.4, -0.2) is 24.2 Å². The maximum Gasteiger partial charge on any atom is 0.191 e. The summed E-state index contributed by atoms with van der Waals surface area (Å²) in [7, 11) is 0. The van der Waals surface area contributed by atoms with E-state index in [9.17, 15) is 5.11 Å². The second kappa shape index (κ2) is 10.4. The Balaban J connectivity index is 0.00000312. The third-order valence-corrected chi connectivity index (χ3v) is 4.60. The molecule has 7 heteroatoms. The summed E-state index contributed by atoms with van der Waals surface area (Å²) >= 11 is 1.53. The first-order valence-electron chi connectivity index (χ1n) is 7.82. The van der Waals surface area contributed by atoms with Gasteiger partial charge in [-0.1, -0.05) is 18.2 Å². The molecule has 1 aromatic carbocycles. The molecule has 1 heterocycles. The minimum atomic E-state index is -0.953. The Kier molecular flexibility index (Phi) is 8.89. The maximum absolute atomic E-state index is 10.6. The molecule has 0 aliphatic carbocycles. The van der Waals surface area contributed by atoms with E-state index in [1.807, 2.05) is 42.6 Å². The molecule has 0 spiro atoms. The Morgan fingerprint density at radius 2 is 2.12 bits per heavy atom. The Bertz CT molecular complexity index is 723. The zero-order valence-corrected chi connectivity index (χ0v) is 17.5. The van der Waals surface area contributed by atoms with Gasteiger partial charge in [0.05, 0.1) is 24.7 Å². The van der Waals surface area contributed by atoms with Crippen LogP contribution in [0.1, 0.15) is 29.9 Å². The summed E-state index contributed by atoms with van der Waals surface area (Å²) in [6.07, 6.45) is 0. The number of halogens is 1. The van der Waals surface area contributed by atoms with E-state index < -0.39 is 5.60 Å². The molecular weight excluding hydrogens is 447 g/mol. The predicted molar refractivity (Wildman–Crippen MR) is 113 cm³/mol. The monoisotopic (exact) mass is 470 g/mol. The van der Waals surface area contributed by atoms with Crippen molar-refractivity contribution in [2.24, 2.45) is 4.99 Å². The van der Waals surface area contributed by atoms with Crippen LogP contribution < -0.4 is 10.6 Å². The number of hydrogen-bond acceptors (Lipinski definition) is 4. The number of thiophene rings is 1. The molecule has 0 bridgehead atoms. The van der Waals surface area contributed by atoms with Gasteiger partial charge in [0, 0.05) is 11.4 Å². The molecule has 3 N–H and O–H groups in total. The van der Waals surface area contributed by atoms with Crippen LogP contribution in [0.3, 0.4) is 0 Å². The zero-order chi connectivity index (χ0) is 17.4. The lowest BCUT2D eigenvalue weighted by Gasteiger charge is -2.23. The number of aliphatic imine (C=N–C) groups is 1. The fourth-order valence-electron chi connectivity index (χ4n) is 2.18. The second-order valence-corrected chi connectivity index (χ2v) is 6.56. The summed E-state index contributed by atoms with van der Waals surface area (Å²) in [5.74, 6) is 0.636. The number of aliphatic hydroxyl groups is 1. The molecule has 1 atom stereocenters. The molecule has 2 rings (SSSR count). The van der Waals surface area contributed by atoms with E-state index in [2.05, 4.69) is 21.7 Å². The number of benzene rings is 1. The lowest BCUT2D eigenvalue weighted by Crippen LogP contribution is -2.44. The van der Waals surface area contributed by atoms with Gasteiger partial charge in [0.25, 0.3) is 0 Å². The van der Waals surface area contributed by atoms with Gasteiger partial charge in [-0.2, -0.15) is 5.26 Å². The summed E-state index contributed by atoms with van der Waals surface area (Å²) < 4.78 is 0. The quantitative estimate of drug-likeness (QED) is 0.344. The number of nitriles is 1. The maximum atomic E-state index is 10.6. The van der Waals surface area contributed by atoms with Crippen molar-refractivity contribution in [3.05, 3.63) is 57.8 Å². The molecule has 5 nitrogen and oxygen atoms in total. The van der Waals surface area contributed by atoms with Gasteiger partial charge in [0.15, 0.2) is 5.96 Å². The minimum absolute atomic E-state index is 0. The van der Waals surface area contributed by atoms with Crippen LogP contribution >= 0.6 is 35.3 Å². The number of hydrogen-bond donors (Lipinski definition) is 3. The first kappa shape index (κ1) is 21.4. The van der Waals surface area contributed by atoms with Crippen molar-refractivity contribution in [1.82, 2.24) is 10.6 Å². The normalized spacial score (nSPS) is 13.3. The smallest absolute Gasteiger partial charge is 0.191 e. The first-order valence-corrected chi connectivity index (χ1v) is 8.70. The SMILES string of the molecule is CCNC(=NCc1cccc(C#N)c1)NCC(C)(O)c1cccs1.I. The molecule has 0 amide bonds. The summed E-state index contributed by atoms with van der Waals surface area (Å²) in [5.41, 5.74) is 0.642. The predicted octanol–water partition coefficient (Wildman–Crippen LogP) is 3.20. The molecule has 2 aromatic rings. The van der Waals surface area contributed by atoms with Gasteiger partial charge in [-0.05, 0) is 43.0 Å². The fraction of sp³-hybridized carbons (Fsp3) is 0.333. The summed E-state index contributed by atoms with van der Waals surface area (Å²) in [5, 5.41) is 27.8. The van der Waals surface area contributed by atoms with E-state index in [0.29, 0.717) is 24.6 Å². The van der Waals surface area contributed by atoms with E-state index in [0.717, 1.165) is 17.0 Å². The van der Waals surface area contributed by atoms with Crippen molar-refractivity contribution in [2.45, 2.75) is 26.0 Å². The van der Waals surface area contributed by atoms with Gasteiger partial charge >= 0.3 is 0 Å². The molecule has 1 aromatic heterocycles. The Morgan fingerprint density at radius 3 is 2.76 bits per heavy atom. The van der Waals surface area contributed by atoms with Gasteiger partial charge in [0.2, 0.25) is 0 Å². The van der Waals surface area contributed by atoms with Crippen molar-refractivity contribution in [3.63, 3.8) is 0 Å². The Labute approximate surface area is 169 Å². The van der Waals surface area contributed by atoms with Gasteiger partial charge < -0.3 is 15.7 Å². The van der Waals surface area contributed by atoms with Crippen LogP contribution in [0.2, 0.25) is 0 Å². The Hall–Kier alpha value is -1.63. The van der Waals surface area contributed by atoms with E-state index in [-0.39, 0.29) is 24.0 Å². The highest BCUT2D eigenvalue weighted by Gasteiger charge is 2.24. The van der Waals surface area contributed by atoms with Crippen molar-refractivity contribution in [1.29, 1.82) is 5.26 Å². The van der Waals surface area contributed by atoms with Crippen LogP contribution in [0.5, 0.6) is 0 Å². The topological polar surface area (TPSA) is 80.4 Å². The number of rotatable bonds is 6. The summed E-state index contributed by atoms with van der Waals surface area (Å²) in [6.45, 7) is 5.32. The molecule has 0 aliphatic heterocycles. The average Bonchev–Trinajstić information content (AvgIpc) is 3.13. The highest BCUT2D eigenvalue weighted by molar-refractivity contribution is 14.0. The highest BCUT2D eigenvalue weighted by atomic mass is 127. The van der Waals surface area contributed by atoms with E-state index in [4.69, 9.17) is 5.26 Å². The standard InChI is InChI=1S/C18H22N4OS.HI/c1-3-20-17(21-12-15-7-4-6-14(10-15)11-19)22-13-18(2,23)16-8-5-9-24-16;/h4-10,23H,3,12-13H2,1-2H3,(H2,20,21,22);1H. The summed E-state index contributed by atoms with van der Waals surface area (Å²) in [4.78, 5) is 5.43. The van der Waals surface area contributed by atoms with Crippen molar-refractivity contribution in [3.8, 4) is 6.07 Å². The van der Waals surface area contributed by atoms with Crippen LogP contribution in [-0.2, 0) is 12.1 Å².